The summed E-state index contributed by atoms with van der Waals surface area (Å²) in [5, 5.41) is 3.58. The van der Waals surface area contributed by atoms with Gasteiger partial charge >= 0.3 is 0 Å². The summed E-state index contributed by atoms with van der Waals surface area (Å²) < 4.78 is 0. The lowest BCUT2D eigenvalue weighted by Crippen LogP contribution is -2.26. The van der Waals surface area contributed by atoms with Gasteiger partial charge in [-0.25, -0.2) is 4.98 Å². The monoisotopic (exact) mass is 216 g/mol. The summed E-state index contributed by atoms with van der Waals surface area (Å²) in [6, 6.07) is 4.89. The molecule has 1 aromatic rings. The van der Waals surface area contributed by atoms with Crippen molar-refractivity contribution >= 4 is 5.82 Å². The molecule has 3 rings (SSSR count). The Morgan fingerprint density at radius 2 is 2.31 bits per heavy atom. The van der Waals surface area contributed by atoms with Gasteiger partial charge in [0.05, 0.1) is 0 Å². The number of anilines is 1. The molecule has 2 nitrogen and oxygen atoms in total. The van der Waals surface area contributed by atoms with Crippen LogP contribution in [0.3, 0.4) is 0 Å². The second-order valence-electron chi connectivity index (χ2n) is 5.44. The number of fused-ring (bicyclic) bond motifs is 1. The average molecular weight is 216 g/mol. The first-order valence-electron chi connectivity index (χ1n) is 6.53. The maximum Gasteiger partial charge on any atom is 0.129 e. The van der Waals surface area contributed by atoms with Crippen molar-refractivity contribution in [1.29, 1.82) is 0 Å². The van der Waals surface area contributed by atoms with Crippen molar-refractivity contribution in [2.45, 2.75) is 45.1 Å². The highest BCUT2D eigenvalue weighted by Gasteiger charge is 2.32. The number of hydrogen-bond donors (Lipinski definition) is 1. The summed E-state index contributed by atoms with van der Waals surface area (Å²) in [5.41, 5.74) is 1.39. The van der Waals surface area contributed by atoms with E-state index in [1.54, 1.807) is 0 Å². The minimum absolute atomic E-state index is 0.662. The van der Waals surface area contributed by atoms with Crippen LogP contribution in [-0.2, 0) is 6.42 Å². The summed E-state index contributed by atoms with van der Waals surface area (Å²) in [5.74, 6) is 3.14. The molecule has 3 atom stereocenters. The van der Waals surface area contributed by atoms with Crippen LogP contribution in [0.2, 0.25) is 0 Å². The molecule has 0 amide bonds. The van der Waals surface area contributed by atoms with Crippen molar-refractivity contribution in [2.24, 2.45) is 11.8 Å². The van der Waals surface area contributed by atoms with Gasteiger partial charge in [-0.05, 0) is 55.6 Å². The molecule has 86 valence electrons. The molecule has 0 saturated heterocycles. The molecule has 1 aliphatic carbocycles. The first kappa shape index (κ1) is 10.1. The van der Waals surface area contributed by atoms with Crippen LogP contribution in [0.4, 0.5) is 5.82 Å². The number of pyridine rings is 1. The van der Waals surface area contributed by atoms with E-state index in [1.165, 1.54) is 37.7 Å². The Kier molecular flexibility index (Phi) is 2.58. The van der Waals surface area contributed by atoms with E-state index in [-0.39, 0.29) is 0 Å². The summed E-state index contributed by atoms with van der Waals surface area (Å²) in [4.78, 5) is 4.42. The standard InChI is InChI=1S/C14H20N2/c1-10-9-12(10)5-7-13-6-4-11-3-2-8-15-14(11)16-13/h2-3,8,10,12-13H,4-7,9H2,1H3,(H,15,16)/t10-,12+,13?/m1/s1. The van der Waals surface area contributed by atoms with Crippen molar-refractivity contribution in [3.63, 3.8) is 0 Å². The number of nitrogens with zero attached hydrogens (tertiary/aromatic N) is 1. The highest BCUT2D eigenvalue weighted by Crippen LogP contribution is 2.42. The number of aromatic nitrogens is 1. The molecule has 2 heterocycles. The molecule has 1 aromatic heterocycles. The Balaban J connectivity index is 1.56. The van der Waals surface area contributed by atoms with E-state index < -0.39 is 0 Å². The summed E-state index contributed by atoms with van der Waals surface area (Å²) >= 11 is 0. The average Bonchev–Trinajstić information content (AvgIpc) is 3.03. The van der Waals surface area contributed by atoms with Gasteiger partial charge in [-0.1, -0.05) is 13.0 Å². The molecular weight excluding hydrogens is 196 g/mol. The van der Waals surface area contributed by atoms with Crippen LogP contribution >= 0.6 is 0 Å². The molecule has 0 spiro atoms. The van der Waals surface area contributed by atoms with Gasteiger partial charge in [0.25, 0.3) is 0 Å². The summed E-state index contributed by atoms with van der Waals surface area (Å²) in [7, 11) is 0. The van der Waals surface area contributed by atoms with Crippen LogP contribution in [0.25, 0.3) is 0 Å². The smallest absolute Gasteiger partial charge is 0.129 e. The largest absolute Gasteiger partial charge is 0.367 e. The molecule has 1 saturated carbocycles. The van der Waals surface area contributed by atoms with Crippen LogP contribution in [0.1, 0.15) is 38.2 Å². The zero-order chi connectivity index (χ0) is 11.0. The molecule has 16 heavy (non-hydrogen) atoms. The van der Waals surface area contributed by atoms with Crippen LogP contribution in [0.5, 0.6) is 0 Å². The second-order valence-corrected chi connectivity index (χ2v) is 5.44. The van der Waals surface area contributed by atoms with Crippen molar-refractivity contribution in [3.05, 3.63) is 23.9 Å². The lowest BCUT2D eigenvalue weighted by molar-refractivity contribution is 0.525. The highest BCUT2D eigenvalue weighted by molar-refractivity contribution is 5.46. The molecule has 0 radical (unpaired) electrons. The lowest BCUT2D eigenvalue weighted by Gasteiger charge is -2.26. The first-order chi connectivity index (χ1) is 7.83. The van der Waals surface area contributed by atoms with Gasteiger partial charge in [-0.3, -0.25) is 0 Å². The van der Waals surface area contributed by atoms with E-state index in [0.717, 1.165) is 17.7 Å². The second kappa shape index (κ2) is 4.08. The Hall–Kier alpha value is -1.05. The van der Waals surface area contributed by atoms with E-state index in [0.29, 0.717) is 6.04 Å². The molecular formula is C14H20N2. The van der Waals surface area contributed by atoms with Gasteiger partial charge in [0, 0.05) is 12.2 Å². The quantitative estimate of drug-likeness (QED) is 0.839. The van der Waals surface area contributed by atoms with Crippen molar-refractivity contribution in [3.8, 4) is 0 Å². The van der Waals surface area contributed by atoms with E-state index in [1.807, 2.05) is 12.3 Å². The number of rotatable bonds is 3. The van der Waals surface area contributed by atoms with Gasteiger partial charge < -0.3 is 5.32 Å². The molecule has 2 aliphatic rings. The molecule has 0 aromatic carbocycles. The zero-order valence-electron chi connectivity index (χ0n) is 9.95. The zero-order valence-corrected chi connectivity index (χ0v) is 9.95. The van der Waals surface area contributed by atoms with Crippen LogP contribution in [-0.4, -0.2) is 11.0 Å². The fourth-order valence-corrected chi connectivity index (χ4v) is 2.80. The number of hydrogen-bond acceptors (Lipinski definition) is 2. The third kappa shape index (κ3) is 2.06. The fraction of sp³-hybridized carbons (Fsp3) is 0.643. The fourth-order valence-electron chi connectivity index (χ4n) is 2.80. The Morgan fingerprint density at radius 1 is 1.44 bits per heavy atom. The SMILES string of the molecule is C[C@@H]1C[C@@H]1CCC1CCc2cccnc2N1. The topological polar surface area (TPSA) is 24.9 Å². The predicted octanol–water partition coefficient (Wildman–Crippen LogP) is 3.24. The Morgan fingerprint density at radius 3 is 3.12 bits per heavy atom. The van der Waals surface area contributed by atoms with Crippen LogP contribution in [0.15, 0.2) is 18.3 Å². The van der Waals surface area contributed by atoms with Gasteiger partial charge in [0.2, 0.25) is 0 Å². The highest BCUT2D eigenvalue weighted by atomic mass is 15.0. The van der Waals surface area contributed by atoms with Gasteiger partial charge in [-0.2, -0.15) is 0 Å². The van der Waals surface area contributed by atoms with E-state index in [9.17, 15) is 0 Å². The van der Waals surface area contributed by atoms with Crippen LogP contribution in [0, 0.1) is 11.8 Å². The van der Waals surface area contributed by atoms with Crippen molar-refractivity contribution in [2.75, 3.05) is 5.32 Å². The maximum absolute atomic E-state index is 4.42. The van der Waals surface area contributed by atoms with Crippen molar-refractivity contribution in [1.82, 2.24) is 4.98 Å². The Labute approximate surface area is 97.5 Å². The Bertz CT molecular complexity index is 375. The van der Waals surface area contributed by atoms with E-state index in [2.05, 4.69) is 23.3 Å². The molecule has 1 fully saturated rings. The van der Waals surface area contributed by atoms with Gasteiger partial charge in [-0.15, -0.1) is 0 Å². The molecule has 1 N–H and O–H groups in total. The predicted molar refractivity (Wildman–Crippen MR) is 66.5 cm³/mol. The van der Waals surface area contributed by atoms with Crippen molar-refractivity contribution < 1.29 is 0 Å². The number of aryl methyl sites for hydroxylation is 1. The maximum atomic E-state index is 4.42. The third-order valence-electron chi connectivity index (χ3n) is 4.16. The molecule has 0 bridgehead atoms. The molecule has 1 aliphatic heterocycles. The normalized spacial score (nSPS) is 31.7. The molecule has 1 unspecified atom stereocenters. The van der Waals surface area contributed by atoms with E-state index >= 15 is 0 Å². The summed E-state index contributed by atoms with van der Waals surface area (Å²) in [6.45, 7) is 2.37. The van der Waals surface area contributed by atoms with Crippen LogP contribution < -0.4 is 5.32 Å². The number of nitrogens with one attached hydrogen (secondary N) is 1. The minimum atomic E-state index is 0.662. The minimum Gasteiger partial charge on any atom is -0.367 e. The van der Waals surface area contributed by atoms with Gasteiger partial charge in [0.15, 0.2) is 0 Å². The lowest BCUT2D eigenvalue weighted by atomic mass is 9.96. The third-order valence-corrected chi connectivity index (χ3v) is 4.16. The first-order valence-corrected chi connectivity index (χ1v) is 6.53. The molecule has 2 heteroatoms. The summed E-state index contributed by atoms with van der Waals surface area (Å²) in [6.07, 6.45) is 8.55. The van der Waals surface area contributed by atoms with E-state index in [4.69, 9.17) is 0 Å². The van der Waals surface area contributed by atoms with Gasteiger partial charge in [0.1, 0.15) is 5.82 Å².